The van der Waals surface area contributed by atoms with E-state index in [1.165, 1.54) is 23.1 Å². The molecule has 0 fully saturated rings. The van der Waals surface area contributed by atoms with Crippen molar-refractivity contribution >= 4 is 60.9 Å². The van der Waals surface area contributed by atoms with Crippen LogP contribution in [0.25, 0.3) is 10.2 Å². The summed E-state index contributed by atoms with van der Waals surface area (Å²) in [7, 11) is 0. The molecule has 0 N–H and O–H groups in total. The number of benzene rings is 2. The van der Waals surface area contributed by atoms with Gasteiger partial charge in [-0.3, -0.25) is 4.79 Å². The number of aromatic nitrogens is 1. The first-order valence-corrected chi connectivity index (χ1v) is 10.4. The minimum Gasteiger partial charge on any atom is -0.494 e. The summed E-state index contributed by atoms with van der Waals surface area (Å²) >= 11 is 8.81. The van der Waals surface area contributed by atoms with Crippen molar-refractivity contribution in [2.24, 2.45) is 4.99 Å². The van der Waals surface area contributed by atoms with Crippen LogP contribution in [0.2, 0.25) is 5.02 Å². The standard InChI is InChI=1S/C19H17ClN2O2S2/c1-3-24-14-8-9-15-17(10-14)26-19(21-15)22-18(25-2)11-16(23)12-4-6-13(20)7-5-12/h4-10H,3,11H2,1-2H3/b22-18-. The number of aliphatic imine (C=N–C) groups is 1. The largest absolute Gasteiger partial charge is 0.494 e. The zero-order valence-corrected chi connectivity index (χ0v) is 16.7. The van der Waals surface area contributed by atoms with E-state index in [0.717, 1.165) is 21.0 Å². The van der Waals surface area contributed by atoms with Crippen LogP contribution in [0.3, 0.4) is 0 Å². The molecule has 0 radical (unpaired) electrons. The average molecular weight is 405 g/mol. The lowest BCUT2D eigenvalue weighted by Crippen LogP contribution is -2.05. The van der Waals surface area contributed by atoms with Gasteiger partial charge in [0.2, 0.25) is 5.13 Å². The van der Waals surface area contributed by atoms with Gasteiger partial charge in [-0.1, -0.05) is 22.9 Å². The molecule has 4 nitrogen and oxygen atoms in total. The van der Waals surface area contributed by atoms with Crippen molar-refractivity contribution < 1.29 is 9.53 Å². The number of carbonyl (C=O) groups is 1. The summed E-state index contributed by atoms with van der Waals surface area (Å²) in [6.45, 7) is 2.58. The molecule has 26 heavy (non-hydrogen) atoms. The molecule has 1 heterocycles. The maximum absolute atomic E-state index is 12.4. The Kier molecular flexibility index (Phi) is 6.29. The van der Waals surface area contributed by atoms with Crippen molar-refractivity contribution in [3.8, 4) is 5.75 Å². The Morgan fingerprint density at radius 2 is 2.04 bits per heavy atom. The topological polar surface area (TPSA) is 51.6 Å². The first kappa shape index (κ1) is 18.9. The lowest BCUT2D eigenvalue weighted by Gasteiger charge is -2.02. The number of fused-ring (bicyclic) bond motifs is 1. The van der Waals surface area contributed by atoms with E-state index < -0.39 is 0 Å². The predicted molar refractivity (Wildman–Crippen MR) is 112 cm³/mol. The smallest absolute Gasteiger partial charge is 0.210 e. The first-order chi connectivity index (χ1) is 12.6. The minimum absolute atomic E-state index is 0.00881. The summed E-state index contributed by atoms with van der Waals surface area (Å²) in [5, 5.41) is 1.98. The van der Waals surface area contributed by atoms with Gasteiger partial charge in [-0.15, -0.1) is 11.8 Å². The number of rotatable bonds is 6. The second kappa shape index (κ2) is 8.66. The highest BCUT2D eigenvalue weighted by atomic mass is 35.5. The summed E-state index contributed by atoms with van der Waals surface area (Å²) in [6, 6.07) is 12.7. The second-order valence-corrected chi connectivity index (χ2v) is 7.70. The fourth-order valence-electron chi connectivity index (χ4n) is 2.34. The van der Waals surface area contributed by atoms with Crippen molar-refractivity contribution in [1.82, 2.24) is 4.98 Å². The third-order valence-corrected chi connectivity index (χ3v) is 5.46. The number of Topliss-reactive ketones (excluding diaryl/α,β-unsaturated/α-hetero) is 1. The molecular weight excluding hydrogens is 388 g/mol. The van der Waals surface area contributed by atoms with Crippen LogP contribution in [-0.4, -0.2) is 28.7 Å². The van der Waals surface area contributed by atoms with E-state index in [4.69, 9.17) is 16.3 Å². The lowest BCUT2D eigenvalue weighted by molar-refractivity contribution is 0.100. The van der Waals surface area contributed by atoms with Crippen LogP contribution >= 0.6 is 34.7 Å². The molecule has 1 aromatic heterocycles. The molecule has 0 bridgehead atoms. The van der Waals surface area contributed by atoms with Gasteiger partial charge in [0.15, 0.2) is 5.78 Å². The number of ether oxygens (including phenoxy) is 1. The van der Waals surface area contributed by atoms with E-state index in [1.54, 1.807) is 24.3 Å². The fourth-order valence-corrected chi connectivity index (χ4v) is 3.86. The van der Waals surface area contributed by atoms with Gasteiger partial charge in [0.1, 0.15) is 5.75 Å². The molecule has 134 valence electrons. The molecule has 0 aliphatic carbocycles. The molecule has 0 aliphatic heterocycles. The van der Waals surface area contributed by atoms with E-state index in [-0.39, 0.29) is 12.2 Å². The Balaban J connectivity index is 1.80. The van der Waals surface area contributed by atoms with Crippen molar-refractivity contribution in [2.45, 2.75) is 13.3 Å². The number of hydrogen-bond acceptors (Lipinski definition) is 6. The first-order valence-electron chi connectivity index (χ1n) is 8.02. The van der Waals surface area contributed by atoms with Gasteiger partial charge >= 0.3 is 0 Å². The highest BCUT2D eigenvalue weighted by Gasteiger charge is 2.12. The third-order valence-electron chi connectivity index (χ3n) is 3.59. The third kappa shape index (κ3) is 4.63. The van der Waals surface area contributed by atoms with Gasteiger partial charge < -0.3 is 4.74 Å². The van der Waals surface area contributed by atoms with Crippen LogP contribution in [0.5, 0.6) is 5.75 Å². The van der Waals surface area contributed by atoms with Crippen molar-refractivity contribution in [3.05, 3.63) is 53.1 Å². The van der Waals surface area contributed by atoms with Gasteiger partial charge in [0.25, 0.3) is 0 Å². The van der Waals surface area contributed by atoms with Crippen LogP contribution < -0.4 is 4.74 Å². The Hall–Kier alpha value is -1.89. The number of thiazole rings is 1. The van der Waals surface area contributed by atoms with Gasteiger partial charge in [0.05, 0.1) is 28.3 Å². The number of carbonyl (C=O) groups excluding carboxylic acids is 1. The molecule has 0 atom stereocenters. The highest BCUT2D eigenvalue weighted by Crippen LogP contribution is 2.32. The number of nitrogens with zero attached hydrogens (tertiary/aromatic N) is 2. The van der Waals surface area contributed by atoms with Crippen molar-refractivity contribution in [2.75, 3.05) is 12.9 Å². The van der Waals surface area contributed by atoms with Gasteiger partial charge in [-0.05, 0) is 55.6 Å². The van der Waals surface area contributed by atoms with E-state index in [9.17, 15) is 4.79 Å². The van der Waals surface area contributed by atoms with Gasteiger partial charge in [-0.25, -0.2) is 9.98 Å². The molecule has 0 amide bonds. The predicted octanol–water partition coefficient (Wildman–Crippen LogP) is 6.01. The van der Waals surface area contributed by atoms with E-state index >= 15 is 0 Å². The number of ketones is 1. The zero-order chi connectivity index (χ0) is 18.5. The van der Waals surface area contributed by atoms with E-state index in [0.29, 0.717) is 22.3 Å². The average Bonchev–Trinajstić information content (AvgIpc) is 3.03. The Morgan fingerprint density at radius 1 is 1.27 bits per heavy atom. The monoisotopic (exact) mass is 404 g/mol. The highest BCUT2D eigenvalue weighted by molar-refractivity contribution is 8.13. The number of halogens is 1. The van der Waals surface area contributed by atoms with Crippen LogP contribution in [0.1, 0.15) is 23.7 Å². The second-order valence-electron chi connectivity index (χ2n) is 5.38. The fraction of sp³-hybridized carbons (Fsp3) is 0.211. The SMILES string of the molecule is CCOc1ccc2nc(/N=C(/CC(=O)c3ccc(Cl)cc3)SC)sc2c1. The normalized spacial score (nSPS) is 11.7. The van der Waals surface area contributed by atoms with Crippen molar-refractivity contribution in [1.29, 1.82) is 0 Å². The molecule has 0 unspecified atom stereocenters. The molecule has 3 aromatic rings. The van der Waals surface area contributed by atoms with E-state index in [2.05, 4.69) is 9.98 Å². The molecule has 0 saturated carbocycles. The van der Waals surface area contributed by atoms with Crippen LogP contribution in [0.4, 0.5) is 5.13 Å². The van der Waals surface area contributed by atoms with Crippen molar-refractivity contribution in [3.63, 3.8) is 0 Å². The van der Waals surface area contributed by atoms with Crippen LogP contribution in [0, 0.1) is 0 Å². The molecule has 7 heteroatoms. The summed E-state index contributed by atoms with van der Waals surface area (Å²) in [5.74, 6) is 0.830. The Bertz CT molecular complexity index is 952. The summed E-state index contributed by atoms with van der Waals surface area (Å²) in [5.41, 5.74) is 1.50. The quantitative estimate of drug-likeness (QED) is 0.286. The maximum Gasteiger partial charge on any atom is 0.210 e. The summed E-state index contributed by atoms with van der Waals surface area (Å²) in [4.78, 5) is 21.5. The minimum atomic E-state index is 0.00881. The maximum atomic E-state index is 12.4. The molecule has 0 saturated heterocycles. The molecule has 3 rings (SSSR count). The molecular formula is C19H17ClN2O2S2. The number of thioether (sulfide) groups is 1. The lowest BCUT2D eigenvalue weighted by atomic mass is 10.1. The summed E-state index contributed by atoms with van der Waals surface area (Å²) in [6.07, 6.45) is 2.15. The van der Waals surface area contributed by atoms with Gasteiger partial charge in [-0.2, -0.15) is 0 Å². The summed E-state index contributed by atoms with van der Waals surface area (Å²) < 4.78 is 6.53. The van der Waals surface area contributed by atoms with Gasteiger partial charge in [0, 0.05) is 10.6 Å². The van der Waals surface area contributed by atoms with Crippen LogP contribution in [0.15, 0.2) is 47.5 Å². The molecule has 2 aromatic carbocycles. The Morgan fingerprint density at radius 3 is 2.73 bits per heavy atom. The zero-order valence-electron chi connectivity index (χ0n) is 14.4. The molecule has 0 aliphatic rings. The Labute approximate surface area is 165 Å². The number of hydrogen-bond donors (Lipinski definition) is 0. The van der Waals surface area contributed by atoms with Crippen LogP contribution in [-0.2, 0) is 0 Å². The molecule has 0 spiro atoms. The van der Waals surface area contributed by atoms with E-state index in [1.807, 2.05) is 31.4 Å².